The first-order chi connectivity index (χ1) is 14.2. The number of carbonyl (C=O) groups excluding carboxylic acids is 2. The quantitative estimate of drug-likeness (QED) is 0.553. The number of carbonyl (C=O) groups is 2. The number of anilines is 1. The lowest BCUT2D eigenvalue weighted by Crippen LogP contribution is -2.38. The predicted molar refractivity (Wildman–Crippen MR) is 110 cm³/mol. The molecule has 0 saturated heterocycles. The Morgan fingerprint density at radius 3 is 2.30 bits per heavy atom. The van der Waals surface area contributed by atoms with Gasteiger partial charge in [-0.25, -0.2) is 12.8 Å². The van der Waals surface area contributed by atoms with Crippen LogP contribution in [0.2, 0.25) is 0 Å². The van der Waals surface area contributed by atoms with Crippen molar-refractivity contribution in [3.63, 3.8) is 0 Å². The van der Waals surface area contributed by atoms with Crippen LogP contribution in [0.4, 0.5) is 10.1 Å². The van der Waals surface area contributed by atoms with Crippen molar-refractivity contribution in [1.29, 1.82) is 0 Å². The third kappa shape index (κ3) is 7.12. The van der Waals surface area contributed by atoms with Crippen molar-refractivity contribution in [1.82, 2.24) is 9.62 Å². The van der Waals surface area contributed by atoms with Crippen LogP contribution in [-0.2, 0) is 19.6 Å². The van der Waals surface area contributed by atoms with E-state index in [1.807, 2.05) is 0 Å². The highest BCUT2D eigenvalue weighted by atomic mass is 32.2. The molecule has 0 aliphatic rings. The van der Waals surface area contributed by atoms with E-state index >= 15 is 0 Å². The summed E-state index contributed by atoms with van der Waals surface area (Å²) in [7, 11) is -2.54. The lowest BCUT2D eigenvalue weighted by Gasteiger charge is -2.17. The van der Waals surface area contributed by atoms with Crippen LogP contribution >= 0.6 is 0 Å². The van der Waals surface area contributed by atoms with E-state index in [9.17, 15) is 22.4 Å². The van der Waals surface area contributed by atoms with Crippen LogP contribution in [0.25, 0.3) is 0 Å². The van der Waals surface area contributed by atoms with Gasteiger partial charge in [-0.2, -0.15) is 4.31 Å². The molecule has 0 spiro atoms. The fourth-order valence-electron chi connectivity index (χ4n) is 2.46. The zero-order valence-corrected chi connectivity index (χ0v) is 17.5. The maximum absolute atomic E-state index is 12.8. The number of rotatable bonds is 10. The molecular formula is C20H24FN3O5S. The molecule has 30 heavy (non-hydrogen) atoms. The number of halogens is 1. The highest BCUT2D eigenvalue weighted by molar-refractivity contribution is 7.89. The minimum Gasteiger partial charge on any atom is -0.494 e. The third-order valence-corrected chi connectivity index (χ3v) is 5.79. The van der Waals surface area contributed by atoms with Crippen LogP contribution in [0.5, 0.6) is 5.75 Å². The fraction of sp³-hybridized carbons (Fsp3) is 0.300. The summed E-state index contributed by atoms with van der Waals surface area (Å²) < 4.78 is 44.3. The number of benzene rings is 2. The number of nitrogens with zero attached hydrogens (tertiary/aromatic N) is 1. The molecular weight excluding hydrogens is 413 g/mol. The third-order valence-electron chi connectivity index (χ3n) is 3.97. The minimum atomic E-state index is -3.85. The predicted octanol–water partition coefficient (Wildman–Crippen LogP) is 1.99. The molecule has 0 unspecified atom stereocenters. The van der Waals surface area contributed by atoms with E-state index in [0.717, 1.165) is 4.31 Å². The molecule has 2 rings (SSSR count). The average Bonchev–Trinajstić information content (AvgIpc) is 2.69. The summed E-state index contributed by atoms with van der Waals surface area (Å²) in [6.07, 6.45) is 0.504. The van der Waals surface area contributed by atoms with E-state index in [1.54, 1.807) is 0 Å². The van der Waals surface area contributed by atoms with Crippen LogP contribution in [0.15, 0.2) is 53.4 Å². The fourth-order valence-corrected chi connectivity index (χ4v) is 3.58. The molecule has 10 heteroatoms. The highest BCUT2D eigenvalue weighted by Crippen LogP contribution is 2.17. The van der Waals surface area contributed by atoms with Crippen molar-refractivity contribution in [3.8, 4) is 5.75 Å². The number of ether oxygens (including phenoxy) is 1. The molecule has 0 fully saturated rings. The summed E-state index contributed by atoms with van der Waals surface area (Å²) in [5.74, 6) is -0.532. The van der Waals surface area contributed by atoms with Crippen molar-refractivity contribution in [2.24, 2.45) is 0 Å². The molecule has 2 N–H and O–H groups in total. The van der Waals surface area contributed by atoms with Gasteiger partial charge in [0.2, 0.25) is 21.8 Å². The maximum Gasteiger partial charge on any atom is 0.243 e. The molecule has 2 aromatic carbocycles. The van der Waals surface area contributed by atoms with Gasteiger partial charge >= 0.3 is 0 Å². The highest BCUT2D eigenvalue weighted by Gasteiger charge is 2.22. The summed E-state index contributed by atoms with van der Waals surface area (Å²) in [5, 5.41) is 5.18. The monoisotopic (exact) mass is 437 g/mol. The Morgan fingerprint density at radius 2 is 1.70 bits per heavy atom. The Bertz CT molecular complexity index is 963. The van der Waals surface area contributed by atoms with E-state index < -0.39 is 15.9 Å². The standard InChI is InChI=1S/C20H24FN3O5S/c1-15(25)23-17-6-10-19(11-7-17)30(27,28)24(2)14-20(26)22-12-3-13-29-18-8-4-16(21)5-9-18/h4-11H,3,12-14H2,1-2H3,(H,22,26)(H,23,25). The smallest absolute Gasteiger partial charge is 0.243 e. The summed E-state index contributed by atoms with van der Waals surface area (Å²) in [4.78, 5) is 23.1. The first-order valence-corrected chi connectivity index (χ1v) is 10.6. The SMILES string of the molecule is CC(=O)Nc1ccc(S(=O)(=O)N(C)CC(=O)NCCCOc2ccc(F)cc2)cc1. The molecule has 8 nitrogen and oxygen atoms in total. The number of amides is 2. The molecule has 0 bridgehead atoms. The van der Waals surface area contributed by atoms with Crippen LogP contribution in [0, 0.1) is 5.82 Å². The van der Waals surface area contributed by atoms with Gasteiger partial charge in [-0.05, 0) is 55.0 Å². The molecule has 0 aromatic heterocycles. The molecule has 0 aliphatic heterocycles. The zero-order chi connectivity index (χ0) is 22.1. The summed E-state index contributed by atoms with van der Waals surface area (Å²) in [6.45, 7) is 1.64. The molecule has 2 aromatic rings. The Kier molecular flexibility index (Phi) is 8.31. The van der Waals surface area contributed by atoms with Crippen LogP contribution in [-0.4, -0.2) is 51.3 Å². The molecule has 0 heterocycles. The summed E-state index contributed by atoms with van der Waals surface area (Å²) >= 11 is 0. The van der Waals surface area contributed by atoms with Gasteiger partial charge < -0.3 is 15.4 Å². The average molecular weight is 437 g/mol. The largest absolute Gasteiger partial charge is 0.494 e. The van der Waals surface area contributed by atoms with Crippen molar-refractivity contribution in [2.45, 2.75) is 18.2 Å². The Morgan fingerprint density at radius 1 is 1.07 bits per heavy atom. The lowest BCUT2D eigenvalue weighted by molar-refractivity contribution is -0.121. The number of hydrogen-bond acceptors (Lipinski definition) is 5. The van der Waals surface area contributed by atoms with E-state index in [1.165, 1.54) is 62.5 Å². The zero-order valence-electron chi connectivity index (χ0n) is 16.7. The molecule has 0 aliphatic carbocycles. The van der Waals surface area contributed by atoms with Gasteiger partial charge in [0.15, 0.2) is 0 Å². The van der Waals surface area contributed by atoms with E-state index in [0.29, 0.717) is 31.0 Å². The van der Waals surface area contributed by atoms with Crippen molar-refractivity contribution in [2.75, 3.05) is 32.1 Å². The van der Waals surface area contributed by atoms with Crippen LogP contribution in [0.3, 0.4) is 0 Å². The van der Waals surface area contributed by atoms with Crippen LogP contribution < -0.4 is 15.4 Å². The van der Waals surface area contributed by atoms with E-state index in [2.05, 4.69) is 10.6 Å². The summed E-state index contributed by atoms with van der Waals surface area (Å²) in [6, 6.07) is 11.3. The van der Waals surface area contributed by atoms with Crippen LogP contribution in [0.1, 0.15) is 13.3 Å². The lowest BCUT2D eigenvalue weighted by atomic mass is 10.3. The van der Waals surface area contributed by atoms with Gasteiger partial charge in [-0.15, -0.1) is 0 Å². The maximum atomic E-state index is 12.8. The van der Waals surface area contributed by atoms with Gasteiger partial charge in [0.25, 0.3) is 0 Å². The van der Waals surface area contributed by atoms with E-state index in [4.69, 9.17) is 4.74 Å². The van der Waals surface area contributed by atoms with Crippen molar-refractivity contribution in [3.05, 3.63) is 54.3 Å². The number of sulfonamides is 1. The molecule has 0 atom stereocenters. The van der Waals surface area contributed by atoms with Crippen molar-refractivity contribution >= 4 is 27.5 Å². The van der Waals surface area contributed by atoms with Gasteiger partial charge in [-0.1, -0.05) is 0 Å². The second-order valence-electron chi connectivity index (χ2n) is 6.47. The molecule has 0 radical (unpaired) electrons. The normalized spacial score (nSPS) is 11.2. The molecule has 162 valence electrons. The van der Waals surface area contributed by atoms with Gasteiger partial charge in [0.1, 0.15) is 11.6 Å². The molecule has 0 saturated carbocycles. The first kappa shape index (κ1) is 23.3. The second-order valence-corrected chi connectivity index (χ2v) is 8.52. The Labute approximate surface area is 175 Å². The Balaban J connectivity index is 1.76. The van der Waals surface area contributed by atoms with Crippen molar-refractivity contribution < 1.29 is 27.1 Å². The molecule has 2 amide bonds. The summed E-state index contributed by atoms with van der Waals surface area (Å²) in [5.41, 5.74) is 0.477. The van der Waals surface area contributed by atoms with E-state index in [-0.39, 0.29) is 23.2 Å². The second kappa shape index (κ2) is 10.7. The minimum absolute atomic E-state index is 0.0135. The number of nitrogens with one attached hydrogen (secondary N) is 2. The number of likely N-dealkylation sites (N-methyl/N-ethyl adjacent to an activating group) is 1. The number of hydrogen-bond donors (Lipinski definition) is 2. The van der Waals surface area contributed by atoms with Gasteiger partial charge in [0.05, 0.1) is 18.0 Å². The van der Waals surface area contributed by atoms with Gasteiger partial charge in [0, 0.05) is 26.2 Å². The topological polar surface area (TPSA) is 105 Å². The van der Waals surface area contributed by atoms with Gasteiger partial charge in [-0.3, -0.25) is 9.59 Å². The first-order valence-electron chi connectivity index (χ1n) is 9.17. The Hall–Kier alpha value is -2.98.